The molecule has 3 rings (SSSR count). The van der Waals surface area contributed by atoms with E-state index in [1.807, 2.05) is 23.7 Å². The van der Waals surface area contributed by atoms with E-state index >= 15 is 0 Å². The van der Waals surface area contributed by atoms with Gasteiger partial charge in [0.25, 0.3) is 0 Å². The number of pyridine rings is 1. The zero-order chi connectivity index (χ0) is 12.6. The molecular formula is C13H13N3OS. The van der Waals surface area contributed by atoms with Crippen molar-refractivity contribution in [1.82, 2.24) is 9.97 Å². The second-order valence-corrected chi connectivity index (χ2v) is 5.47. The number of anilines is 1. The number of nitrogens with zero attached hydrogens (tertiary/aromatic N) is 2. The van der Waals surface area contributed by atoms with Crippen molar-refractivity contribution in [3.8, 4) is 0 Å². The Morgan fingerprint density at radius 3 is 2.89 bits per heavy atom. The van der Waals surface area contributed by atoms with Crippen molar-refractivity contribution in [2.24, 2.45) is 0 Å². The minimum atomic E-state index is -0.257. The van der Waals surface area contributed by atoms with Gasteiger partial charge in [0.2, 0.25) is 0 Å². The Bertz CT molecular complexity index is 658. The van der Waals surface area contributed by atoms with Crippen molar-refractivity contribution < 1.29 is 4.42 Å². The molecule has 0 radical (unpaired) electrons. The zero-order valence-electron chi connectivity index (χ0n) is 10.2. The first-order valence-corrected chi connectivity index (χ1v) is 6.55. The van der Waals surface area contributed by atoms with Gasteiger partial charge in [0.1, 0.15) is 16.4 Å². The topological polar surface area (TPSA) is 51.0 Å². The van der Waals surface area contributed by atoms with E-state index in [4.69, 9.17) is 4.42 Å². The van der Waals surface area contributed by atoms with Gasteiger partial charge in [0.15, 0.2) is 0 Å². The van der Waals surface area contributed by atoms with Crippen molar-refractivity contribution >= 4 is 28.1 Å². The number of thiazole rings is 1. The molecule has 4 nitrogen and oxygen atoms in total. The van der Waals surface area contributed by atoms with Crippen LogP contribution in [0.15, 0.2) is 40.6 Å². The molecule has 0 unspecified atom stereocenters. The molecule has 1 N–H and O–H groups in total. The molecule has 0 aliphatic rings. The van der Waals surface area contributed by atoms with Gasteiger partial charge in [-0.3, -0.25) is 0 Å². The Labute approximate surface area is 109 Å². The van der Waals surface area contributed by atoms with Gasteiger partial charge < -0.3 is 9.73 Å². The van der Waals surface area contributed by atoms with Crippen LogP contribution in [-0.4, -0.2) is 9.97 Å². The Morgan fingerprint density at radius 2 is 2.11 bits per heavy atom. The summed E-state index contributed by atoms with van der Waals surface area (Å²) in [5, 5.41) is 7.42. The number of aromatic nitrogens is 2. The van der Waals surface area contributed by atoms with Crippen LogP contribution in [0.25, 0.3) is 11.0 Å². The molecule has 0 saturated carbocycles. The molecular weight excluding hydrogens is 246 g/mol. The van der Waals surface area contributed by atoms with Crippen molar-refractivity contribution in [2.45, 2.75) is 19.4 Å². The van der Waals surface area contributed by atoms with E-state index in [-0.39, 0.29) is 5.54 Å². The van der Waals surface area contributed by atoms with Crippen molar-refractivity contribution in [3.63, 3.8) is 0 Å². The third-order valence-electron chi connectivity index (χ3n) is 2.78. The number of hydrogen-bond donors (Lipinski definition) is 1. The van der Waals surface area contributed by atoms with Gasteiger partial charge in [-0.25, -0.2) is 9.97 Å². The summed E-state index contributed by atoms with van der Waals surface area (Å²) in [6.45, 7) is 4.18. The maximum absolute atomic E-state index is 5.37. The van der Waals surface area contributed by atoms with E-state index in [2.05, 4.69) is 29.1 Å². The summed E-state index contributed by atoms with van der Waals surface area (Å²) in [6.07, 6.45) is 5.23. The average Bonchev–Trinajstić information content (AvgIpc) is 3.00. The number of hydrogen-bond acceptors (Lipinski definition) is 5. The number of furan rings is 1. The first kappa shape index (κ1) is 11.2. The van der Waals surface area contributed by atoms with E-state index in [1.165, 1.54) is 0 Å². The molecule has 0 bridgehead atoms. The molecule has 0 saturated heterocycles. The first-order valence-electron chi connectivity index (χ1n) is 5.67. The minimum absolute atomic E-state index is 0.257. The molecule has 0 aromatic carbocycles. The molecule has 0 fully saturated rings. The van der Waals surface area contributed by atoms with Crippen LogP contribution in [0.1, 0.15) is 18.9 Å². The maximum atomic E-state index is 5.37. The normalized spacial score (nSPS) is 11.9. The van der Waals surface area contributed by atoms with Gasteiger partial charge >= 0.3 is 0 Å². The van der Waals surface area contributed by atoms with Crippen LogP contribution in [0.2, 0.25) is 0 Å². The Kier molecular flexibility index (Phi) is 2.56. The highest BCUT2D eigenvalue weighted by atomic mass is 32.1. The van der Waals surface area contributed by atoms with E-state index in [1.54, 1.807) is 23.8 Å². The molecule has 3 aromatic rings. The van der Waals surface area contributed by atoms with Crippen molar-refractivity contribution in [1.29, 1.82) is 0 Å². The summed E-state index contributed by atoms with van der Waals surface area (Å²) >= 11 is 1.63. The fourth-order valence-corrected chi connectivity index (χ4v) is 2.59. The third-order valence-corrected chi connectivity index (χ3v) is 3.87. The highest BCUT2D eigenvalue weighted by molar-refractivity contribution is 7.09. The lowest BCUT2D eigenvalue weighted by atomic mass is 10.1. The summed E-state index contributed by atoms with van der Waals surface area (Å²) in [4.78, 5) is 8.74. The molecule has 92 valence electrons. The van der Waals surface area contributed by atoms with Crippen molar-refractivity contribution in [3.05, 3.63) is 41.2 Å². The SMILES string of the molecule is CC(C)(Nc1nccc2occc12)c1nccs1. The third kappa shape index (κ3) is 1.86. The van der Waals surface area contributed by atoms with E-state index in [0.29, 0.717) is 0 Å². The lowest BCUT2D eigenvalue weighted by Crippen LogP contribution is -2.28. The number of fused-ring (bicyclic) bond motifs is 1. The maximum Gasteiger partial charge on any atom is 0.139 e. The van der Waals surface area contributed by atoms with Gasteiger partial charge in [0.05, 0.1) is 17.2 Å². The summed E-state index contributed by atoms with van der Waals surface area (Å²) in [5.41, 5.74) is 0.578. The van der Waals surface area contributed by atoms with Gasteiger partial charge in [0, 0.05) is 17.8 Å². The van der Waals surface area contributed by atoms with Crippen LogP contribution in [0, 0.1) is 0 Å². The van der Waals surface area contributed by atoms with Gasteiger partial charge in [-0.2, -0.15) is 0 Å². The summed E-state index contributed by atoms with van der Waals surface area (Å²) in [7, 11) is 0. The highest BCUT2D eigenvalue weighted by Crippen LogP contribution is 2.30. The minimum Gasteiger partial charge on any atom is -0.464 e. The zero-order valence-corrected chi connectivity index (χ0v) is 11.0. The van der Waals surface area contributed by atoms with Crippen LogP contribution in [0.5, 0.6) is 0 Å². The smallest absolute Gasteiger partial charge is 0.139 e. The average molecular weight is 259 g/mol. The Morgan fingerprint density at radius 1 is 1.22 bits per heavy atom. The monoisotopic (exact) mass is 259 g/mol. The van der Waals surface area contributed by atoms with Gasteiger partial charge in [-0.05, 0) is 26.0 Å². The van der Waals surface area contributed by atoms with Crippen LogP contribution >= 0.6 is 11.3 Å². The molecule has 3 aromatic heterocycles. The molecule has 0 atom stereocenters. The lowest BCUT2D eigenvalue weighted by molar-refractivity contribution is 0.601. The molecule has 0 aliphatic carbocycles. The summed E-state index contributed by atoms with van der Waals surface area (Å²) in [6, 6.07) is 3.78. The number of nitrogens with one attached hydrogen (secondary N) is 1. The van der Waals surface area contributed by atoms with Crippen molar-refractivity contribution in [2.75, 3.05) is 5.32 Å². The fourth-order valence-electron chi connectivity index (χ4n) is 1.88. The van der Waals surface area contributed by atoms with Crippen LogP contribution in [0.4, 0.5) is 5.82 Å². The summed E-state index contributed by atoms with van der Waals surface area (Å²) in [5.74, 6) is 0.821. The molecule has 3 heterocycles. The van der Waals surface area contributed by atoms with Crippen LogP contribution in [0.3, 0.4) is 0 Å². The standard InChI is InChI=1S/C13H13N3OS/c1-13(2,12-15-6-8-18-12)16-11-9-4-7-17-10(9)3-5-14-11/h3-8H,1-2H3,(H,14,16). The summed E-state index contributed by atoms with van der Waals surface area (Å²) < 4.78 is 5.37. The second-order valence-electron chi connectivity index (χ2n) is 4.58. The number of rotatable bonds is 3. The van der Waals surface area contributed by atoms with Crippen LogP contribution < -0.4 is 5.32 Å². The Hall–Kier alpha value is -1.88. The second kappa shape index (κ2) is 4.10. The highest BCUT2D eigenvalue weighted by Gasteiger charge is 2.24. The van der Waals surface area contributed by atoms with E-state index in [0.717, 1.165) is 21.8 Å². The molecule has 0 spiro atoms. The van der Waals surface area contributed by atoms with Gasteiger partial charge in [-0.15, -0.1) is 11.3 Å². The quantitative estimate of drug-likeness (QED) is 0.780. The largest absolute Gasteiger partial charge is 0.464 e. The molecule has 0 aliphatic heterocycles. The molecule has 5 heteroatoms. The predicted octanol–water partition coefficient (Wildman–Crippen LogP) is 3.63. The Balaban J connectivity index is 1.99. The first-order chi connectivity index (χ1) is 8.67. The molecule has 18 heavy (non-hydrogen) atoms. The predicted molar refractivity (Wildman–Crippen MR) is 72.8 cm³/mol. The fraction of sp³-hybridized carbons (Fsp3) is 0.231. The van der Waals surface area contributed by atoms with Crippen LogP contribution in [-0.2, 0) is 5.54 Å². The lowest BCUT2D eigenvalue weighted by Gasteiger charge is -2.24. The van der Waals surface area contributed by atoms with E-state index < -0.39 is 0 Å². The van der Waals surface area contributed by atoms with E-state index in [9.17, 15) is 0 Å². The van der Waals surface area contributed by atoms with Gasteiger partial charge in [-0.1, -0.05) is 0 Å². The molecule has 0 amide bonds.